The number of rotatable bonds is 8. The van der Waals surface area contributed by atoms with Crippen LogP contribution in [0.2, 0.25) is 0 Å². The molecule has 98 valence electrons. The van der Waals surface area contributed by atoms with Crippen molar-refractivity contribution >= 4 is 5.91 Å². The fraction of sp³-hybridized carbons (Fsp3) is 0.600. The number of aromatic nitrogens is 2. The minimum atomic E-state index is -0.559. The largest absolute Gasteiger partial charge is 0.368 e. The lowest BCUT2D eigenvalue weighted by molar-refractivity contribution is -0.120. The third-order valence-electron chi connectivity index (χ3n) is 2.44. The molecule has 1 atom stereocenters. The summed E-state index contributed by atoms with van der Waals surface area (Å²) in [5, 5.41) is 10.5. The van der Waals surface area contributed by atoms with Crippen molar-refractivity contribution in [1.82, 2.24) is 15.1 Å². The van der Waals surface area contributed by atoms with Gasteiger partial charge in [0.25, 0.3) is 0 Å². The van der Waals surface area contributed by atoms with Crippen LogP contribution in [0.1, 0.15) is 24.9 Å². The highest BCUT2D eigenvalue weighted by molar-refractivity contribution is 5.81. The van der Waals surface area contributed by atoms with Crippen LogP contribution in [0.4, 0.5) is 0 Å². The fourth-order valence-corrected chi connectivity index (χ4v) is 1.53. The normalized spacial score (nSPS) is 11.8. The van der Waals surface area contributed by atoms with Crippen molar-refractivity contribution in [2.75, 3.05) is 13.1 Å². The van der Waals surface area contributed by atoms with E-state index in [-0.39, 0.29) is 0 Å². The third kappa shape index (κ3) is 4.08. The third-order valence-corrected chi connectivity index (χ3v) is 2.44. The van der Waals surface area contributed by atoms with Gasteiger partial charge in [0.05, 0.1) is 6.20 Å². The van der Waals surface area contributed by atoms with Crippen LogP contribution >= 0.6 is 0 Å². The van der Waals surface area contributed by atoms with Crippen LogP contribution < -0.4 is 11.1 Å². The van der Waals surface area contributed by atoms with E-state index in [0.29, 0.717) is 19.5 Å². The van der Waals surface area contributed by atoms with Gasteiger partial charge in [0.2, 0.25) is 5.91 Å². The molecule has 0 aliphatic rings. The highest BCUT2D eigenvalue weighted by atomic mass is 16.1. The monoisotopic (exact) mass is 251 g/mol. The van der Waals surface area contributed by atoms with Crippen LogP contribution in [-0.2, 0) is 11.3 Å². The van der Waals surface area contributed by atoms with Gasteiger partial charge in [-0.25, -0.2) is 0 Å². The zero-order valence-electron chi connectivity index (χ0n) is 10.3. The van der Waals surface area contributed by atoms with E-state index in [1.165, 1.54) is 0 Å². The van der Waals surface area contributed by atoms with Gasteiger partial charge in [-0.05, 0) is 25.4 Å². The molecule has 8 heteroatoms. The number of hydrogen-bond donors (Lipinski definition) is 2. The Morgan fingerprint density at radius 1 is 1.78 bits per heavy atom. The molecule has 0 fully saturated rings. The van der Waals surface area contributed by atoms with Gasteiger partial charge < -0.3 is 11.1 Å². The Morgan fingerprint density at radius 3 is 3.11 bits per heavy atom. The standard InChI is InChI=1S/C10H17N7O/c1-2-17-7-8(6-15-17)9(10(11)18)13-4-3-5-14-16-12/h6-7,9,13H,2-5H2,1H3,(H2,11,18). The molecule has 1 unspecified atom stereocenters. The maximum Gasteiger partial charge on any atom is 0.239 e. The minimum absolute atomic E-state index is 0.392. The highest BCUT2D eigenvalue weighted by Gasteiger charge is 2.18. The molecule has 1 aromatic rings. The van der Waals surface area contributed by atoms with Crippen molar-refractivity contribution in [1.29, 1.82) is 0 Å². The van der Waals surface area contributed by atoms with Gasteiger partial charge >= 0.3 is 0 Å². The SMILES string of the molecule is CCn1cc(C(NCCCN=[N+]=[N-])C(N)=O)cn1. The van der Waals surface area contributed by atoms with Crippen LogP contribution in [0.5, 0.6) is 0 Å². The Bertz CT molecular complexity index is 435. The van der Waals surface area contributed by atoms with E-state index < -0.39 is 11.9 Å². The second-order valence-corrected chi connectivity index (χ2v) is 3.73. The highest BCUT2D eigenvalue weighted by Crippen LogP contribution is 2.11. The number of nitrogens with one attached hydrogen (secondary N) is 1. The molecule has 0 radical (unpaired) electrons. The first-order valence-electron chi connectivity index (χ1n) is 5.75. The summed E-state index contributed by atoms with van der Waals surface area (Å²) in [4.78, 5) is 14.0. The van der Waals surface area contributed by atoms with Gasteiger partial charge in [0.15, 0.2) is 0 Å². The molecule has 8 nitrogen and oxygen atoms in total. The maximum atomic E-state index is 11.4. The Labute approximate surface area is 105 Å². The summed E-state index contributed by atoms with van der Waals surface area (Å²) >= 11 is 0. The number of nitrogens with zero attached hydrogens (tertiary/aromatic N) is 5. The van der Waals surface area contributed by atoms with Gasteiger partial charge in [0.1, 0.15) is 6.04 Å². The molecule has 0 saturated heterocycles. The number of carbonyl (C=O) groups excluding carboxylic acids is 1. The van der Waals surface area contributed by atoms with E-state index in [1.807, 2.05) is 6.92 Å². The summed E-state index contributed by atoms with van der Waals surface area (Å²) in [7, 11) is 0. The number of primary amides is 1. The van der Waals surface area contributed by atoms with Crippen molar-refractivity contribution in [3.8, 4) is 0 Å². The summed E-state index contributed by atoms with van der Waals surface area (Å²) in [6.45, 7) is 3.64. The summed E-state index contributed by atoms with van der Waals surface area (Å²) in [6, 6.07) is -0.559. The fourth-order valence-electron chi connectivity index (χ4n) is 1.53. The van der Waals surface area contributed by atoms with Gasteiger partial charge in [-0.15, -0.1) is 0 Å². The quantitative estimate of drug-likeness (QED) is 0.306. The van der Waals surface area contributed by atoms with Crippen molar-refractivity contribution in [3.05, 3.63) is 28.4 Å². The number of azide groups is 1. The summed E-state index contributed by atoms with van der Waals surface area (Å²) in [5.74, 6) is -0.450. The molecule has 3 N–H and O–H groups in total. The van der Waals surface area contributed by atoms with E-state index in [4.69, 9.17) is 11.3 Å². The van der Waals surface area contributed by atoms with Crippen LogP contribution in [-0.4, -0.2) is 28.8 Å². The number of nitrogens with two attached hydrogens (primary N) is 1. The molecule has 0 aliphatic heterocycles. The smallest absolute Gasteiger partial charge is 0.239 e. The zero-order valence-corrected chi connectivity index (χ0v) is 10.3. The van der Waals surface area contributed by atoms with E-state index in [2.05, 4.69) is 20.4 Å². The lowest BCUT2D eigenvalue weighted by Crippen LogP contribution is -2.34. The summed E-state index contributed by atoms with van der Waals surface area (Å²) < 4.78 is 1.73. The van der Waals surface area contributed by atoms with Crippen LogP contribution in [0.15, 0.2) is 17.5 Å². The topological polar surface area (TPSA) is 122 Å². The molecule has 1 heterocycles. The molecule has 0 aliphatic carbocycles. The number of aryl methyl sites for hydroxylation is 1. The minimum Gasteiger partial charge on any atom is -0.368 e. The lowest BCUT2D eigenvalue weighted by Gasteiger charge is -2.13. The average Bonchev–Trinajstić information content (AvgIpc) is 2.81. The Morgan fingerprint density at radius 2 is 2.56 bits per heavy atom. The van der Waals surface area contributed by atoms with Crippen molar-refractivity contribution in [2.24, 2.45) is 10.8 Å². The molecular formula is C10H17N7O. The van der Waals surface area contributed by atoms with Gasteiger partial charge in [-0.2, -0.15) is 5.10 Å². The molecule has 1 aromatic heterocycles. The maximum absolute atomic E-state index is 11.4. The van der Waals surface area contributed by atoms with Gasteiger partial charge in [0, 0.05) is 29.8 Å². The van der Waals surface area contributed by atoms with Crippen LogP contribution in [0.3, 0.4) is 0 Å². The molecule has 1 amide bonds. The number of carbonyl (C=O) groups is 1. The molecular weight excluding hydrogens is 234 g/mol. The zero-order chi connectivity index (χ0) is 13.4. The first kappa shape index (κ1) is 14.0. The molecule has 0 aromatic carbocycles. The first-order valence-corrected chi connectivity index (χ1v) is 5.75. The number of amides is 1. The summed E-state index contributed by atoms with van der Waals surface area (Å²) in [6.07, 6.45) is 4.06. The second kappa shape index (κ2) is 7.31. The summed E-state index contributed by atoms with van der Waals surface area (Å²) in [5.41, 5.74) is 14.2. The van der Waals surface area contributed by atoms with E-state index >= 15 is 0 Å². The van der Waals surface area contributed by atoms with E-state index in [1.54, 1.807) is 17.1 Å². The van der Waals surface area contributed by atoms with Crippen molar-refractivity contribution < 1.29 is 4.79 Å². The molecule has 0 saturated carbocycles. The van der Waals surface area contributed by atoms with Gasteiger partial charge in [-0.1, -0.05) is 5.11 Å². The molecule has 18 heavy (non-hydrogen) atoms. The van der Waals surface area contributed by atoms with E-state index in [9.17, 15) is 4.79 Å². The van der Waals surface area contributed by atoms with Crippen LogP contribution in [0.25, 0.3) is 10.4 Å². The van der Waals surface area contributed by atoms with Crippen molar-refractivity contribution in [2.45, 2.75) is 25.9 Å². The predicted molar refractivity (Wildman–Crippen MR) is 66.5 cm³/mol. The molecule has 0 bridgehead atoms. The van der Waals surface area contributed by atoms with Gasteiger partial charge in [-0.3, -0.25) is 9.48 Å². The molecule has 1 rings (SSSR count). The first-order chi connectivity index (χ1) is 8.69. The van der Waals surface area contributed by atoms with E-state index in [0.717, 1.165) is 12.1 Å². The average molecular weight is 251 g/mol. The molecule has 0 spiro atoms. The predicted octanol–water partition coefficient (Wildman–Crippen LogP) is 0.719. The second-order valence-electron chi connectivity index (χ2n) is 3.73. The Balaban J connectivity index is 2.54. The van der Waals surface area contributed by atoms with Crippen molar-refractivity contribution in [3.63, 3.8) is 0 Å². The Kier molecular flexibility index (Phi) is 5.69. The van der Waals surface area contributed by atoms with Crippen LogP contribution in [0, 0.1) is 0 Å². The number of hydrogen-bond acceptors (Lipinski definition) is 4. The Hall–Kier alpha value is -2.05. The lowest BCUT2D eigenvalue weighted by atomic mass is 10.1.